The molecule has 29 heavy (non-hydrogen) atoms. The van der Waals surface area contributed by atoms with E-state index in [1.54, 1.807) is 35.6 Å². The fourth-order valence-electron chi connectivity index (χ4n) is 3.53. The molecule has 7 nitrogen and oxygen atoms in total. The van der Waals surface area contributed by atoms with E-state index in [-0.39, 0.29) is 18.4 Å². The Balaban J connectivity index is 1.43. The zero-order valence-electron chi connectivity index (χ0n) is 16.3. The summed E-state index contributed by atoms with van der Waals surface area (Å²) in [5.74, 6) is 0.729. The van der Waals surface area contributed by atoms with Gasteiger partial charge in [0.25, 0.3) is 5.91 Å². The van der Waals surface area contributed by atoms with Crippen molar-refractivity contribution in [3.63, 3.8) is 0 Å². The van der Waals surface area contributed by atoms with Crippen LogP contribution in [-0.4, -0.2) is 28.4 Å². The first kappa shape index (κ1) is 19.3. The van der Waals surface area contributed by atoms with Crippen LogP contribution in [0.2, 0.25) is 0 Å². The number of nitrogens with one attached hydrogen (secondary N) is 2. The van der Waals surface area contributed by atoms with Crippen LogP contribution < -0.4 is 15.4 Å². The third-order valence-corrected chi connectivity index (χ3v) is 6.05. The molecule has 0 spiro atoms. The fraction of sp³-hybridized carbons (Fsp3) is 0.333. The number of carbonyl (C=O) groups is 2. The second-order valence-corrected chi connectivity index (χ2v) is 8.39. The van der Waals surface area contributed by atoms with Crippen LogP contribution in [0.1, 0.15) is 30.7 Å². The minimum Gasteiger partial charge on any atom is -0.467 e. The summed E-state index contributed by atoms with van der Waals surface area (Å²) in [5, 5.41) is 6.42. The van der Waals surface area contributed by atoms with Gasteiger partial charge >= 0.3 is 0 Å². The third kappa shape index (κ3) is 4.37. The van der Waals surface area contributed by atoms with Crippen LogP contribution in [0, 0.1) is 5.92 Å². The lowest BCUT2D eigenvalue weighted by atomic mass is 9.89. The van der Waals surface area contributed by atoms with Crippen LogP contribution in [0.15, 0.2) is 30.6 Å². The number of rotatable bonds is 5. The third-order valence-electron chi connectivity index (χ3n) is 4.89. The summed E-state index contributed by atoms with van der Waals surface area (Å²) in [6, 6.07) is 6.90. The van der Waals surface area contributed by atoms with Crippen molar-refractivity contribution in [1.82, 2.24) is 9.97 Å². The van der Waals surface area contributed by atoms with Crippen molar-refractivity contribution >= 4 is 44.7 Å². The van der Waals surface area contributed by atoms with Gasteiger partial charge in [0.1, 0.15) is 11.2 Å². The topological polar surface area (TPSA) is 93.2 Å². The van der Waals surface area contributed by atoms with Crippen molar-refractivity contribution in [2.45, 2.75) is 33.1 Å². The Morgan fingerprint density at radius 3 is 2.62 bits per heavy atom. The number of ether oxygens (including phenoxy) is 1. The van der Waals surface area contributed by atoms with Crippen molar-refractivity contribution in [3.8, 4) is 5.88 Å². The Morgan fingerprint density at radius 2 is 1.90 bits per heavy atom. The SMILES string of the molecule is CC(=O)Nc1ccc(NC(=O)COc2ncnc3sc4c(c23)CCC(C)C4)cc1. The number of carbonyl (C=O) groups excluding carboxylic acids is 2. The molecule has 2 heterocycles. The number of hydrogen-bond acceptors (Lipinski definition) is 6. The van der Waals surface area contributed by atoms with Crippen molar-refractivity contribution in [2.75, 3.05) is 17.2 Å². The summed E-state index contributed by atoms with van der Waals surface area (Å²) in [7, 11) is 0. The molecular weight excluding hydrogens is 388 g/mol. The number of benzene rings is 1. The highest BCUT2D eigenvalue weighted by molar-refractivity contribution is 7.18. The quantitative estimate of drug-likeness (QED) is 0.667. The largest absolute Gasteiger partial charge is 0.467 e. The zero-order chi connectivity index (χ0) is 20.4. The van der Waals surface area contributed by atoms with Gasteiger partial charge in [-0.15, -0.1) is 11.3 Å². The molecule has 2 aromatic heterocycles. The first-order valence-corrected chi connectivity index (χ1v) is 10.4. The maximum Gasteiger partial charge on any atom is 0.262 e. The van der Waals surface area contributed by atoms with E-state index in [0.717, 1.165) is 29.5 Å². The maximum atomic E-state index is 12.3. The second-order valence-electron chi connectivity index (χ2n) is 7.31. The molecule has 4 rings (SSSR count). The highest BCUT2D eigenvalue weighted by Gasteiger charge is 2.23. The molecular formula is C21H22N4O3S. The monoisotopic (exact) mass is 410 g/mol. The molecule has 1 aliphatic carbocycles. The molecule has 0 bridgehead atoms. The molecule has 2 amide bonds. The molecule has 0 radical (unpaired) electrons. The molecule has 1 aliphatic rings. The normalized spacial score (nSPS) is 15.6. The number of thiophene rings is 1. The number of hydrogen-bond donors (Lipinski definition) is 2. The highest BCUT2D eigenvalue weighted by atomic mass is 32.1. The van der Waals surface area contributed by atoms with Crippen molar-refractivity contribution in [1.29, 1.82) is 0 Å². The summed E-state index contributed by atoms with van der Waals surface area (Å²) < 4.78 is 5.77. The number of amides is 2. The molecule has 1 aromatic carbocycles. The van der Waals surface area contributed by atoms with Crippen molar-refractivity contribution in [3.05, 3.63) is 41.0 Å². The van der Waals surface area contributed by atoms with Gasteiger partial charge in [-0.05, 0) is 55.0 Å². The van der Waals surface area contributed by atoms with Crippen LogP contribution in [0.25, 0.3) is 10.2 Å². The van der Waals surface area contributed by atoms with E-state index in [1.165, 1.54) is 23.7 Å². The lowest BCUT2D eigenvalue weighted by molar-refractivity contribution is -0.118. The Bertz CT molecular complexity index is 1060. The van der Waals surface area contributed by atoms with E-state index in [2.05, 4.69) is 27.5 Å². The average Bonchev–Trinajstić information content (AvgIpc) is 3.05. The molecule has 0 aliphatic heterocycles. The highest BCUT2D eigenvalue weighted by Crippen LogP contribution is 2.40. The lowest BCUT2D eigenvalue weighted by Gasteiger charge is -2.18. The molecule has 150 valence electrons. The molecule has 0 fully saturated rings. The van der Waals surface area contributed by atoms with E-state index in [4.69, 9.17) is 4.74 Å². The van der Waals surface area contributed by atoms with E-state index in [9.17, 15) is 9.59 Å². The van der Waals surface area contributed by atoms with Crippen molar-refractivity contribution < 1.29 is 14.3 Å². The molecule has 0 saturated heterocycles. The Kier molecular flexibility index (Phi) is 5.44. The summed E-state index contributed by atoms with van der Waals surface area (Å²) in [6.45, 7) is 3.58. The Hall–Kier alpha value is -3.00. The molecule has 8 heteroatoms. The average molecular weight is 410 g/mol. The van der Waals surface area contributed by atoms with Gasteiger partial charge in [0, 0.05) is 23.2 Å². The van der Waals surface area contributed by atoms with E-state index in [0.29, 0.717) is 23.2 Å². The second kappa shape index (κ2) is 8.16. The smallest absolute Gasteiger partial charge is 0.262 e. The number of anilines is 2. The van der Waals surface area contributed by atoms with E-state index < -0.39 is 0 Å². The Morgan fingerprint density at radius 1 is 1.17 bits per heavy atom. The van der Waals surface area contributed by atoms with Crippen LogP contribution in [0.3, 0.4) is 0 Å². The minimum absolute atomic E-state index is 0.138. The van der Waals surface area contributed by atoms with Gasteiger partial charge in [-0.2, -0.15) is 0 Å². The first-order valence-electron chi connectivity index (χ1n) is 9.55. The predicted octanol–water partition coefficient (Wildman–Crippen LogP) is 3.79. The maximum absolute atomic E-state index is 12.3. The minimum atomic E-state index is -0.276. The number of aromatic nitrogens is 2. The predicted molar refractivity (Wildman–Crippen MR) is 113 cm³/mol. The zero-order valence-corrected chi connectivity index (χ0v) is 17.1. The van der Waals surface area contributed by atoms with Gasteiger partial charge in [0.2, 0.25) is 11.8 Å². The standard InChI is InChI=1S/C21H22N4O3S/c1-12-3-8-16-17(9-12)29-21-19(16)20(22-11-23-21)28-10-18(27)25-15-6-4-14(5-7-15)24-13(2)26/h4-7,11-12H,3,8-10H2,1-2H3,(H,24,26)(H,25,27). The van der Waals surface area contributed by atoms with Gasteiger partial charge in [0.15, 0.2) is 6.61 Å². The van der Waals surface area contributed by atoms with Gasteiger partial charge in [-0.3, -0.25) is 9.59 Å². The number of aryl methyl sites for hydroxylation is 1. The summed E-state index contributed by atoms with van der Waals surface area (Å²) in [4.78, 5) is 34.3. The lowest BCUT2D eigenvalue weighted by Crippen LogP contribution is -2.20. The molecule has 3 aromatic rings. The number of nitrogens with zero attached hydrogens (tertiary/aromatic N) is 2. The first-order chi connectivity index (χ1) is 14.0. The Labute approximate surface area is 172 Å². The van der Waals surface area contributed by atoms with Crippen LogP contribution in [0.5, 0.6) is 5.88 Å². The van der Waals surface area contributed by atoms with Crippen LogP contribution >= 0.6 is 11.3 Å². The molecule has 2 N–H and O–H groups in total. The van der Waals surface area contributed by atoms with E-state index >= 15 is 0 Å². The van der Waals surface area contributed by atoms with Gasteiger partial charge < -0.3 is 15.4 Å². The number of fused-ring (bicyclic) bond motifs is 3. The molecule has 1 atom stereocenters. The fourth-order valence-corrected chi connectivity index (χ4v) is 4.87. The van der Waals surface area contributed by atoms with E-state index in [1.807, 2.05) is 0 Å². The van der Waals surface area contributed by atoms with Crippen molar-refractivity contribution in [2.24, 2.45) is 5.92 Å². The van der Waals surface area contributed by atoms with Gasteiger partial charge in [-0.1, -0.05) is 6.92 Å². The summed E-state index contributed by atoms with van der Waals surface area (Å²) in [5.41, 5.74) is 2.57. The molecule has 1 unspecified atom stereocenters. The summed E-state index contributed by atoms with van der Waals surface area (Å²) >= 11 is 1.70. The van der Waals surface area contributed by atoms with Gasteiger partial charge in [0.05, 0.1) is 5.39 Å². The molecule has 0 saturated carbocycles. The summed E-state index contributed by atoms with van der Waals surface area (Å²) in [6.07, 6.45) is 4.68. The van der Waals surface area contributed by atoms with Crippen LogP contribution in [0.4, 0.5) is 11.4 Å². The van der Waals surface area contributed by atoms with Gasteiger partial charge in [-0.25, -0.2) is 9.97 Å². The van der Waals surface area contributed by atoms with Crippen LogP contribution in [-0.2, 0) is 22.4 Å².